The van der Waals surface area contributed by atoms with Crippen LogP contribution in [0, 0.1) is 11.8 Å². The summed E-state index contributed by atoms with van der Waals surface area (Å²) in [5, 5.41) is 91.0. The second-order valence-electron chi connectivity index (χ2n) is 17.0. The molecule has 2 aromatic rings. The van der Waals surface area contributed by atoms with Crippen molar-refractivity contribution >= 4 is 23.9 Å². The predicted octanol–water partition coefficient (Wildman–Crippen LogP) is -0.639. The summed E-state index contributed by atoms with van der Waals surface area (Å²) in [6, 6.07) is 12.6. The van der Waals surface area contributed by atoms with Crippen LogP contribution in [0.5, 0.6) is 11.5 Å². The van der Waals surface area contributed by atoms with Gasteiger partial charge in [0.25, 0.3) is 0 Å². The maximum atomic E-state index is 13.7. The number of allylic oxidation sites excluding steroid dienone is 2. The largest absolute Gasteiger partial charge is 0.508 e. The van der Waals surface area contributed by atoms with Gasteiger partial charge < -0.3 is 93.3 Å². The van der Waals surface area contributed by atoms with E-state index in [1.165, 1.54) is 36.4 Å². The van der Waals surface area contributed by atoms with Crippen LogP contribution in [0.3, 0.4) is 0 Å². The van der Waals surface area contributed by atoms with Gasteiger partial charge in [0.15, 0.2) is 12.6 Å². The first-order chi connectivity index (χ1) is 34.5. The van der Waals surface area contributed by atoms with Gasteiger partial charge in [-0.3, -0.25) is 9.59 Å². The molecule has 72 heavy (non-hydrogen) atoms. The molecule has 2 saturated heterocycles. The summed E-state index contributed by atoms with van der Waals surface area (Å²) in [6.45, 7) is 1.55. The number of aliphatic hydroxyl groups excluding tert-OH is 8. The van der Waals surface area contributed by atoms with E-state index in [0.29, 0.717) is 12.0 Å². The SMILES string of the molecule is C/C=C1/[C@H](O[C@@H]2O[C@H](CO)[C@@H](O)[C@H](O)[C@H]2O)OC=C(C(=O)OC)[C@H]1CC(=O)Oc1ccc(CCOC(=O)C2=CO[C@@H](O[C@@H]3O[C@H](CO)[C@@H](O)[C@H](O)[C@H]3O)/C(=C/C)[C@H]2CC(=O)OCCc2ccc(O)cc2)cc1. The van der Waals surface area contributed by atoms with Crippen molar-refractivity contribution in [3.05, 3.63) is 107 Å². The van der Waals surface area contributed by atoms with Crippen LogP contribution in [0.2, 0.25) is 0 Å². The molecule has 2 fully saturated rings. The van der Waals surface area contributed by atoms with Gasteiger partial charge in [0, 0.05) is 35.8 Å². The summed E-state index contributed by atoms with van der Waals surface area (Å²) in [6.07, 6.45) is -14.1. The van der Waals surface area contributed by atoms with Gasteiger partial charge in [0.1, 0.15) is 60.3 Å². The lowest BCUT2D eigenvalue weighted by Gasteiger charge is -2.42. The maximum absolute atomic E-state index is 13.7. The molecule has 9 N–H and O–H groups in total. The highest BCUT2D eigenvalue weighted by atomic mass is 16.8. The van der Waals surface area contributed by atoms with Crippen molar-refractivity contribution in [2.24, 2.45) is 11.8 Å². The molecule has 0 bridgehead atoms. The lowest BCUT2D eigenvalue weighted by Crippen LogP contribution is -2.60. The van der Waals surface area contributed by atoms with E-state index in [0.717, 1.165) is 25.2 Å². The number of carbonyl (C=O) groups is 4. The fourth-order valence-corrected chi connectivity index (χ4v) is 8.31. The van der Waals surface area contributed by atoms with E-state index < -0.39 is 136 Å². The van der Waals surface area contributed by atoms with E-state index in [1.54, 1.807) is 38.1 Å². The zero-order chi connectivity index (χ0) is 52.2. The lowest BCUT2D eigenvalue weighted by molar-refractivity contribution is -0.327. The van der Waals surface area contributed by atoms with Crippen LogP contribution < -0.4 is 4.74 Å². The summed E-state index contributed by atoms with van der Waals surface area (Å²) >= 11 is 0. The smallest absolute Gasteiger partial charge is 0.337 e. The molecule has 0 spiro atoms. The molecule has 4 aliphatic rings. The minimum absolute atomic E-state index is 0.0297. The molecule has 394 valence electrons. The Morgan fingerprint density at radius 1 is 0.583 bits per heavy atom. The summed E-state index contributed by atoms with van der Waals surface area (Å²) in [7, 11) is 1.14. The molecular formula is C49H60O23. The van der Waals surface area contributed by atoms with Crippen molar-refractivity contribution in [3.63, 3.8) is 0 Å². The molecule has 14 atom stereocenters. The van der Waals surface area contributed by atoms with E-state index in [2.05, 4.69) is 0 Å². The number of rotatable bonds is 19. The van der Waals surface area contributed by atoms with Crippen LogP contribution in [0.25, 0.3) is 0 Å². The first-order valence-electron chi connectivity index (χ1n) is 23.0. The van der Waals surface area contributed by atoms with Gasteiger partial charge in [-0.15, -0.1) is 0 Å². The predicted molar refractivity (Wildman–Crippen MR) is 241 cm³/mol. The highest BCUT2D eigenvalue weighted by Crippen LogP contribution is 2.38. The van der Waals surface area contributed by atoms with Crippen LogP contribution in [0.15, 0.2) is 95.5 Å². The fourth-order valence-electron chi connectivity index (χ4n) is 8.31. The topological polar surface area (TPSA) is 343 Å². The second kappa shape index (κ2) is 25.7. The number of benzene rings is 2. The second-order valence-corrected chi connectivity index (χ2v) is 17.0. The number of phenols is 1. The Morgan fingerprint density at radius 2 is 1.03 bits per heavy atom. The van der Waals surface area contributed by atoms with Crippen LogP contribution in [-0.2, 0) is 74.7 Å². The molecule has 0 unspecified atom stereocenters. The Morgan fingerprint density at radius 3 is 1.49 bits per heavy atom. The number of ether oxygens (including phenoxy) is 10. The van der Waals surface area contributed by atoms with Gasteiger partial charge in [0.05, 0.1) is 70.0 Å². The number of aromatic hydroxyl groups is 1. The van der Waals surface area contributed by atoms with Gasteiger partial charge >= 0.3 is 23.9 Å². The molecule has 0 saturated carbocycles. The van der Waals surface area contributed by atoms with Crippen molar-refractivity contribution < 1.29 is 113 Å². The highest BCUT2D eigenvalue weighted by Gasteiger charge is 2.49. The number of phenolic OH excluding ortho intramolecular Hbond substituents is 1. The van der Waals surface area contributed by atoms with Crippen LogP contribution in [0.1, 0.15) is 37.8 Å². The molecule has 6 rings (SSSR count). The number of hydrogen-bond donors (Lipinski definition) is 9. The third kappa shape index (κ3) is 13.4. The maximum Gasteiger partial charge on any atom is 0.337 e. The average Bonchev–Trinajstić information content (AvgIpc) is 3.37. The zero-order valence-corrected chi connectivity index (χ0v) is 39.4. The molecule has 0 amide bonds. The van der Waals surface area contributed by atoms with Crippen molar-refractivity contribution in [2.75, 3.05) is 33.5 Å². The van der Waals surface area contributed by atoms with E-state index in [1.807, 2.05) is 0 Å². The number of aliphatic hydroxyl groups is 8. The van der Waals surface area contributed by atoms with Crippen molar-refractivity contribution in [3.8, 4) is 11.5 Å². The van der Waals surface area contributed by atoms with Crippen LogP contribution in [0.4, 0.5) is 0 Å². The van der Waals surface area contributed by atoms with Crippen molar-refractivity contribution in [2.45, 2.75) is 114 Å². The van der Waals surface area contributed by atoms with E-state index in [9.17, 15) is 65.1 Å². The molecule has 0 radical (unpaired) electrons. The normalized spacial score (nSPS) is 31.6. The molecule has 0 aromatic heterocycles. The van der Waals surface area contributed by atoms with Crippen molar-refractivity contribution in [1.29, 1.82) is 0 Å². The molecule has 2 aromatic carbocycles. The van der Waals surface area contributed by atoms with Gasteiger partial charge in [-0.1, -0.05) is 36.4 Å². The Balaban J connectivity index is 1.07. The first-order valence-corrected chi connectivity index (χ1v) is 23.0. The highest BCUT2D eigenvalue weighted by molar-refractivity contribution is 5.91. The summed E-state index contributed by atoms with van der Waals surface area (Å²) in [5.41, 5.74) is 1.74. The van der Waals surface area contributed by atoms with E-state index in [-0.39, 0.29) is 53.4 Å². The van der Waals surface area contributed by atoms with Crippen LogP contribution in [-0.4, -0.2) is 177 Å². The average molecular weight is 1020 g/mol. The third-order valence-electron chi connectivity index (χ3n) is 12.4. The Bertz CT molecular complexity index is 2290. The fraction of sp³-hybridized carbons (Fsp3) is 0.510. The molecule has 23 nitrogen and oxygen atoms in total. The first kappa shape index (κ1) is 55.5. The number of methoxy groups -OCH3 is 1. The van der Waals surface area contributed by atoms with E-state index in [4.69, 9.17) is 47.4 Å². The quantitative estimate of drug-likeness (QED) is 0.0366. The van der Waals surface area contributed by atoms with E-state index >= 15 is 0 Å². The molecule has 0 aliphatic carbocycles. The number of carbonyl (C=O) groups excluding carboxylic acids is 4. The Kier molecular flexibility index (Phi) is 19.8. The van der Waals surface area contributed by atoms with Crippen LogP contribution >= 0.6 is 0 Å². The molecule has 23 heteroatoms. The van der Waals surface area contributed by atoms with Gasteiger partial charge in [-0.2, -0.15) is 0 Å². The Labute approximate surface area is 412 Å². The molecule has 4 aliphatic heterocycles. The standard InChI is InChI=1S/C49H60O23/c1-4-28-30(18-36(53)64-16-14-24-6-10-26(52)11-7-24)33(23-67-46(28)71-48-42(59)40(57)38(55)34(20-50)69-48)45(62)65-17-15-25-8-12-27(13-9-25)68-37(54)19-31-29(5-2)47(66-22-32(31)44(61)63-3)72-49-43(60)41(58)39(56)35(21-51)70-49/h4-13,22-23,30-31,34-35,38-43,46-52,55-60H,14-21H2,1-3H3/b28-4+,29-5+/t30-,31+,34-,35-,38-,39-,40+,41+,42-,43-,46+,47+,48+,49+/m1/s1. The van der Waals surface area contributed by atoms with Gasteiger partial charge in [-0.25, -0.2) is 9.59 Å². The number of esters is 4. The van der Waals surface area contributed by atoms with Gasteiger partial charge in [0.2, 0.25) is 12.6 Å². The summed E-state index contributed by atoms with van der Waals surface area (Å²) in [4.78, 5) is 53.2. The molecule has 4 heterocycles. The van der Waals surface area contributed by atoms with Crippen molar-refractivity contribution in [1.82, 2.24) is 0 Å². The number of hydrogen-bond acceptors (Lipinski definition) is 23. The minimum atomic E-state index is -1.78. The molecular weight excluding hydrogens is 957 g/mol. The summed E-state index contributed by atoms with van der Waals surface area (Å²) in [5.74, 6) is -5.05. The monoisotopic (exact) mass is 1020 g/mol. The summed E-state index contributed by atoms with van der Waals surface area (Å²) < 4.78 is 55.6. The zero-order valence-electron chi connectivity index (χ0n) is 39.4. The van der Waals surface area contributed by atoms with Gasteiger partial charge in [-0.05, 0) is 49.2 Å². The third-order valence-corrected chi connectivity index (χ3v) is 12.4. The lowest BCUT2D eigenvalue weighted by atomic mass is 9.86. The minimum Gasteiger partial charge on any atom is -0.508 e. The Hall–Kier alpha value is -5.80.